The van der Waals surface area contributed by atoms with Gasteiger partial charge in [0, 0.05) is 20.0 Å². The van der Waals surface area contributed by atoms with Crippen molar-refractivity contribution in [2.24, 2.45) is 0 Å². The Hall–Kier alpha value is -2.70. The SMILES string of the molecule is CC(=O)OC[C@H]1O[C@@H](n2cc(C(F)(F)F)c(=O)[nH]c2=O)[C@@H](F)[C@@H]1OC(C)=O. The first-order valence-electron chi connectivity index (χ1n) is 7.44. The molecular formula is C14H14F4N2O7. The number of rotatable bonds is 4. The van der Waals surface area contributed by atoms with Crippen LogP contribution in [-0.4, -0.2) is 46.5 Å². The second kappa shape index (κ2) is 7.50. The van der Waals surface area contributed by atoms with Gasteiger partial charge in [0.25, 0.3) is 5.56 Å². The highest BCUT2D eigenvalue weighted by Crippen LogP contribution is 2.34. The summed E-state index contributed by atoms with van der Waals surface area (Å²) in [6.45, 7) is 1.42. The first-order valence-corrected chi connectivity index (χ1v) is 7.44. The number of ether oxygens (including phenoxy) is 3. The fraction of sp³-hybridized carbons (Fsp3) is 0.571. The van der Waals surface area contributed by atoms with E-state index in [1.807, 2.05) is 0 Å². The van der Waals surface area contributed by atoms with Crippen LogP contribution in [0, 0.1) is 0 Å². The molecule has 2 rings (SSSR count). The lowest BCUT2D eigenvalue weighted by molar-refractivity contribution is -0.156. The van der Waals surface area contributed by atoms with Crippen molar-refractivity contribution in [3.05, 3.63) is 32.6 Å². The van der Waals surface area contributed by atoms with E-state index in [0.29, 0.717) is 0 Å². The van der Waals surface area contributed by atoms with Crippen LogP contribution in [0.2, 0.25) is 0 Å². The third kappa shape index (κ3) is 4.53. The molecule has 0 aliphatic carbocycles. The number of nitrogens with one attached hydrogen (secondary N) is 1. The minimum Gasteiger partial charge on any atom is -0.463 e. The summed E-state index contributed by atoms with van der Waals surface area (Å²) in [7, 11) is 0. The molecule has 27 heavy (non-hydrogen) atoms. The lowest BCUT2D eigenvalue weighted by Crippen LogP contribution is -2.39. The predicted molar refractivity (Wildman–Crippen MR) is 77.3 cm³/mol. The fourth-order valence-electron chi connectivity index (χ4n) is 2.46. The van der Waals surface area contributed by atoms with Gasteiger partial charge in [0.1, 0.15) is 18.3 Å². The lowest BCUT2D eigenvalue weighted by Gasteiger charge is -2.18. The van der Waals surface area contributed by atoms with Gasteiger partial charge in [0.05, 0.1) is 0 Å². The summed E-state index contributed by atoms with van der Waals surface area (Å²) in [6.07, 6.45) is -12.3. The molecule has 0 saturated carbocycles. The van der Waals surface area contributed by atoms with Gasteiger partial charge >= 0.3 is 23.8 Å². The second-order valence-corrected chi connectivity index (χ2v) is 5.59. The number of halogens is 4. The summed E-state index contributed by atoms with van der Waals surface area (Å²) in [4.78, 5) is 46.7. The molecule has 1 aliphatic rings. The van der Waals surface area contributed by atoms with Gasteiger partial charge in [-0.15, -0.1) is 0 Å². The first-order chi connectivity index (χ1) is 12.4. The Morgan fingerprint density at radius 2 is 1.89 bits per heavy atom. The van der Waals surface area contributed by atoms with Crippen molar-refractivity contribution < 1.29 is 41.4 Å². The molecule has 0 spiro atoms. The lowest BCUT2D eigenvalue weighted by atomic mass is 10.1. The zero-order valence-corrected chi connectivity index (χ0v) is 13.9. The molecule has 1 saturated heterocycles. The van der Waals surface area contributed by atoms with Crippen LogP contribution in [0.25, 0.3) is 0 Å². The summed E-state index contributed by atoms with van der Waals surface area (Å²) >= 11 is 0. The maximum atomic E-state index is 14.7. The van der Waals surface area contributed by atoms with Crippen molar-refractivity contribution in [2.45, 2.75) is 44.6 Å². The monoisotopic (exact) mass is 398 g/mol. The fourth-order valence-corrected chi connectivity index (χ4v) is 2.46. The number of esters is 2. The second-order valence-electron chi connectivity index (χ2n) is 5.59. The Morgan fingerprint density at radius 3 is 2.41 bits per heavy atom. The van der Waals surface area contributed by atoms with E-state index in [0.717, 1.165) is 13.8 Å². The summed E-state index contributed by atoms with van der Waals surface area (Å²) in [6, 6.07) is 0. The average molecular weight is 398 g/mol. The largest absolute Gasteiger partial charge is 0.463 e. The first kappa shape index (κ1) is 20.6. The van der Waals surface area contributed by atoms with E-state index in [1.165, 1.54) is 4.98 Å². The smallest absolute Gasteiger partial charge is 0.423 e. The highest BCUT2D eigenvalue weighted by molar-refractivity contribution is 5.66. The number of nitrogens with zero attached hydrogens (tertiary/aromatic N) is 1. The van der Waals surface area contributed by atoms with E-state index in [2.05, 4.69) is 4.74 Å². The van der Waals surface area contributed by atoms with Crippen molar-refractivity contribution in [3.8, 4) is 0 Å². The van der Waals surface area contributed by atoms with E-state index in [9.17, 15) is 36.7 Å². The highest BCUT2D eigenvalue weighted by Gasteiger charge is 2.49. The molecule has 0 aromatic carbocycles. The number of H-pyrrole nitrogens is 1. The van der Waals surface area contributed by atoms with Crippen LogP contribution in [0.15, 0.2) is 15.8 Å². The molecule has 0 amide bonds. The number of alkyl halides is 4. The van der Waals surface area contributed by atoms with Crippen molar-refractivity contribution >= 4 is 11.9 Å². The van der Waals surface area contributed by atoms with E-state index < -0.39 is 66.1 Å². The van der Waals surface area contributed by atoms with Crippen molar-refractivity contribution in [1.29, 1.82) is 0 Å². The molecule has 1 fully saturated rings. The molecule has 2 heterocycles. The molecule has 0 bridgehead atoms. The Kier molecular flexibility index (Phi) is 5.73. The van der Waals surface area contributed by atoms with Crippen LogP contribution >= 0.6 is 0 Å². The normalized spacial score (nSPS) is 25.3. The third-order valence-corrected chi connectivity index (χ3v) is 3.57. The van der Waals surface area contributed by atoms with E-state index in [1.54, 1.807) is 0 Å². The predicted octanol–water partition coefficient (Wildman–Crippen LogP) is 0.286. The maximum Gasteiger partial charge on any atom is 0.423 e. The highest BCUT2D eigenvalue weighted by atomic mass is 19.4. The number of carbonyl (C=O) groups is 2. The topological polar surface area (TPSA) is 117 Å². The summed E-state index contributed by atoms with van der Waals surface area (Å²) < 4.78 is 68.1. The average Bonchev–Trinajstić information content (AvgIpc) is 2.80. The Balaban J connectivity index is 2.43. The minimum atomic E-state index is -5.11. The van der Waals surface area contributed by atoms with Gasteiger partial charge in [-0.05, 0) is 0 Å². The summed E-state index contributed by atoms with van der Waals surface area (Å²) in [5.41, 5.74) is -4.81. The van der Waals surface area contributed by atoms with E-state index in [-0.39, 0.29) is 10.8 Å². The molecule has 1 aromatic rings. The number of aromatic nitrogens is 2. The molecule has 0 unspecified atom stereocenters. The molecule has 4 atom stereocenters. The molecule has 1 aromatic heterocycles. The number of hydrogen-bond acceptors (Lipinski definition) is 7. The van der Waals surface area contributed by atoms with Crippen LogP contribution in [0.5, 0.6) is 0 Å². The molecule has 150 valence electrons. The van der Waals surface area contributed by atoms with E-state index >= 15 is 0 Å². The van der Waals surface area contributed by atoms with Gasteiger partial charge in [-0.25, -0.2) is 9.18 Å². The number of aromatic amines is 1. The van der Waals surface area contributed by atoms with Crippen LogP contribution in [0.3, 0.4) is 0 Å². The van der Waals surface area contributed by atoms with Crippen molar-refractivity contribution in [3.63, 3.8) is 0 Å². The summed E-state index contributed by atoms with van der Waals surface area (Å²) in [5.74, 6) is -1.69. The Labute approximate surface area is 147 Å². The third-order valence-electron chi connectivity index (χ3n) is 3.57. The number of hydrogen-bond donors (Lipinski definition) is 1. The zero-order valence-electron chi connectivity index (χ0n) is 13.9. The van der Waals surface area contributed by atoms with Crippen molar-refractivity contribution in [2.75, 3.05) is 6.61 Å². The van der Waals surface area contributed by atoms with Gasteiger partial charge in [-0.3, -0.25) is 23.9 Å². The molecule has 1 N–H and O–H groups in total. The standard InChI is InChI=1S/C14H14F4N2O7/c1-5(21)25-4-8-10(26-6(2)22)9(15)12(27-8)20-3-7(14(16,17)18)11(23)19-13(20)24/h3,8-10,12H,4H2,1-2H3,(H,19,23,24)/t8-,9+,10-,12-/m1/s1. The van der Waals surface area contributed by atoms with Gasteiger partial charge < -0.3 is 14.2 Å². The van der Waals surface area contributed by atoms with Crippen LogP contribution in [0.1, 0.15) is 25.6 Å². The van der Waals surface area contributed by atoms with Gasteiger partial charge in [-0.2, -0.15) is 13.2 Å². The minimum absolute atomic E-state index is 0.109. The van der Waals surface area contributed by atoms with Gasteiger partial charge in [0.2, 0.25) is 0 Å². The van der Waals surface area contributed by atoms with Gasteiger partial charge in [-0.1, -0.05) is 0 Å². The van der Waals surface area contributed by atoms with Crippen LogP contribution in [-0.2, 0) is 30.0 Å². The molecule has 1 aliphatic heterocycles. The molecular weight excluding hydrogens is 384 g/mol. The molecule has 0 radical (unpaired) electrons. The Morgan fingerprint density at radius 1 is 1.26 bits per heavy atom. The van der Waals surface area contributed by atoms with E-state index in [4.69, 9.17) is 9.47 Å². The zero-order chi connectivity index (χ0) is 20.5. The molecule has 9 nitrogen and oxygen atoms in total. The number of carbonyl (C=O) groups excluding carboxylic acids is 2. The molecule has 13 heteroatoms. The van der Waals surface area contributed by atoms with Crippen LogP contribution in [0.4, 0.5) is 17.6 Å². The van der Waals surface area contributed by atoms with Crippen LogP contribution < -0.4 is 11.2 Å². The van der Waals surface area contributed by atoms with Gasteiger partial charge in [0.15, 0.2) is 18.5 Å². The maximum absolute atomic E-state index is 14.7. The quantitative estimate of drug-likeness (QED) is 0.572. The Bertz CT molecular complexity index is 847. The van der Waals surface area contributed by atoms with Crippen molar-refractivity contribution in [1.82, 2.24) is 9.55 Å². The summed E-state index contributed by atoms with van der Waals surface area (Å²) in [5, 5.41) is 0.